The highest BCUT2D eigenvalue weighted by Gasteiger charge is 2.21. The molecule has 0 saturated heterocycles. The van der Waals surface area contributed by atoms with Gasteiger partial charge in [-0.1, -0.05) is 0 Å². The van der Waals surface area contributed by atoms with Gasteiger partial charge in [0.15, 0.2) is 0 Å². The van der Waals surface area contributed by atoms with E-state index < -0.39 is 0 Å². The number of hydrogen-bond donors (Lipinski definition) is 1. The largest absolute Gasteiger partial charge is 0.414 e. The average molecular weight is 244 g/mol. The molecule has 2 aromatic rings. The van der Waals surface area contributed by atoms with Crippen molar-refractivity contribution in [1.82, 2.24) is 19.8 Å². The molecule has 0 radical (unpaired) electrons. The number of carbonyl (C=O) groups excluding carboxylic acids is 1. The van der Waals surface area contributed by atoms with Crippen LogP contribution >= 0.6 is 0 Å². The van der Waals surface area contributed by atoms with Crippen molar-refractivity contribution < 1.29 is 9.63 Å². The Balaban J connectivity index is 1.88. The second kappa shape index (κ2) is 4.15. The number of nitrogens with zero attached hydrogens (tertiary/aromatic N) is 3. The van der Waals surface area contributed by atoms with Crippen molar-refractivity contribution in [2.24, 2.45) is 0 Å². The number of nitrogens with one attached hydrogen (secondary N) is 1. The number of imidazole rings is 1. The van der Waals surface area contributed by atoms with Crippen molar-refractivity contribution in [1.29, 1.82) is 0 Å². The minimum atomic E-state index is -0.242. The Morgan fingerprint density at radius 3 is 3.22 bits per heavy atom. The van der Waals surface area contributed by atoms with E-state index >= 15 is 0 Å². The summed E-state index contributed by atoms with van der Waals surface area (Å²) in [5.41, 5.74) is 4.06. The smallest absolute Gasteiger partial charge is 0.255 e. The zero-order chi connectivity index (χ0) is 12.5. The van der Waals surface area contributed by atoms with Crippen LogP contribution in [0.25, 0.3) is 5.65 Å². The number of pyridine rings is 1. The molecule has 0 aromatic carbocycles. The molecule has 0 aliphatic carbocycles. The van der Waals surface area contributed by atoms with E-state index in [1.807, 2.05) is 16.8 Å². The summed E-state index contributed by atoms with van der Waals surface area (Å²) in [6.45, 7) is 0. The van der Waals surface area contributed by atoms with E-state index in [9.17, 15) is 4.79 Å². The Hall–Kier alpha value is -2.34. The highest BCUT2D eigenvalue weighted by atomic mass is 16.6. The molecule has 0 saturated carbocycles. The van der Waals surface area contributed by atoms with E-state index in [0.29, 0.717) is 5.56 Å². The quantitative estimate of drug-likeness (QED) is 0.848. The van der Waals surface area contributed by atoms with Gasteiger partial charge in [-0.25, -0.2) is 4.98 Å². The molecular formula is C12H12N4O2. The SMILES string of the molecule is CN(C(=O)c1ccn2ccnc2c1)C1C=CON1. The normalized spacial score (nSPS) is 17.9. The second-order valence-corrected chi connectivity index (χ2v) is 4.03. The van der Waals surface area contributed by atoms with Gasteiger partial charge < -0.3 is 14.1 Å². The molecule has 1 amide bonds. The van der Waals surface area contributed by atoms with Crippen LogP contribution < -0.4 is 5.48 Å². The lowest BCUT2D eigenvalue weighted by Gasteiger charge is -2.22. The molecule has 0 fully saturated rings. The van der Waals surface area contributed by atoms with E-state index in [2.05, 4.69) is 10.5 Å². The molecule has 0 bridgehead atoms. The highest BCUT2D eigenvalue weighted by Crippen LogP contribution is 2.11. The molecule has 6 heteroatoms. The van der Waals surface area contributed by atoms with Gasteiger partial charge >= 0.3 is 0 Å². The Morgan fingerprint density at radius 2 is 2.44 bits per heavy atom. The number of likely N-dealkylation sites (N-methyl/N-ethyl adjacent to an activating group) is 1. The molecule has 1 N–H and O–H groups in total. The molecule has 18 heavy (non-hydrogen) atoms. The maximum atomic E-state index is 12.3. The maximum Gasteiger partial charge on any atom is 0.255 e. The fourth-order valence-corrected chi connectivity index (χ4v) is 1.84. The number of rotatable bonds is 2. The van der Waals surface area contributed by atoms with E-state index in [0.717, 1.165) is 5.65 Å². The van der Waals surface area contributed by atoms with Gasteiger partial charge in [0.2, 0.25) is 0 Å². The van der Waals surface area contributed by atoms with Gasteiger partial charge in [-0.15, -0.1) is 5.48 Å². The third-order valence-electron chi connectivity index (χ3n) is 2.90. The van der Waals surface area contributed by atoms with Crippen molar-refractivity contribution in [2.45, 2.75) is 6.17 Å². The zero-order valence-corrected chi connectivity index (χ0v) is 9.78. The lowest BCUT2D eigenvalue weighted by molar-refractivity contribution is 0.0547. The molecule has 1 aliphatic rings. The first-order chi connectivity index (χ1) is 8.75. The van der Waals surface area contributed by atoms with Gasteiger partial charge in [-0.2, -0.15) is 0 Å². The third-order valence-corrected chi connectivity index (χ3v) is 2.90. The van der Waals surface area contributed by atoms with Crippen molar-refractivity contribution in [2.75, 3.05) is 7.05 Å². The summed E-state index contributed by atoms with van der Waals surface area (Å²) < 4.78 is 1.85. The number of amides is 1. The van der Waals surface area contributed by atoms with E-state index in [4.69, 9.17) is 4.84 Å². The predicted molar refractivity (Wildman–Crippen MR) is 64.4 cm³/mol. The number of hydrogen-bond acceptors (Lipinski definition) is 4. The molecule has 6 nitrogen and oxygen atoms in total. The molecular weight excluding hydrogens is 232 g/mol. The fraction of sp³-hybridized carbons (Fsp3) is 0.167. The summed E-state index contributed by atoms with van der Waals surface area (Å²) in [6.07, 6.45) is 8.40. The Labute approximate surface area is 103 Å². The van der Waals surface area contributed by atoms with Crippen LogP contribution in [-0.4, -0.2) is 33.4 Å². The summed E-state index contributed by atoms with van der Waals surface area (Å²) in [5, 5.41) is 0. The monoisotopic (exact) mass is 244 g/mol. The summed E-state index contributed by atoms with van der Waals surface area (Å²) in [7, 11) is 1.72. The van der Waals surface area contributed by atoms with Crippen LogP contribution in [0.2, 0.25) is 0 Å². The number of aromatic nitrogens is 2. The first-order valence-electron chi connectivity index (χ1n) is 5.53. The lowest BCUT2D eigenvalue weighted by Crippen LogP contribution is -2.42. The van der Waals surface area contributed by atoms with Gasteiger partial charge in [0.05, 0.1) is 0 Å². The van der Waals surface area contributed by atoms with E-state index in [1.165, 1.54) is 6.26 Å². The summed E-state index contributed by atoms with van der Waals surface area (Å²) in [6, 6.07) is 3.53. The first-order valence-corrected chi connectivity index (χ1v) is 5.53. The molecule has 2 aromatic heterocycles. The minimum Gasteiger partial charge on any atom is -0.414 e. The predicted octanol–water partition coefficient (Wildman–Crippen LogP) is 0.781. The van der Waals surface area contributed by atoms with Crippen LogP contribution in [0.5, 0.6) is 0 Å². The van der Waals surface area contributed by atoms with Gasteiger partial charge in [0.1, 0.15) is 18.1 Å². The number of carbonyl (C=O) groups is 1. The lowest BCUT2D eigenvalue weighted by atomic mass is 10.2. The van der Waals surface area contributed by atoms with Crippen LogP contribution in [-0.2, 0) is 4.84 Å². The standard InChI is InChI=1S/C12H12N4O2/c1-15(10-3-7-18-14-10)12(17)9-2-5-16-6-4-13-11(16)8-9/h2-8,10,14H,1H3. The zero-order valence-electron chi connectivity index (χ0n) is 9.78. The summed E-state index contributed by atoms with van der Waals surface area (Å²) in [5.74, 6) is -0.0897. The minimum absolute atomic E-state index is 0.0897. The maximum absolute atomic E-state index is 12.3. The van der Waals surface area contributed by atoms with Crippen LogP contribution in [0.1, 0.15) is 10.4 Å². The summed E-state index contributed by atoms with van der Waals surface area (Å²) in [4.78, 5) is 22.9. The van der Waals surface area contributed by atoms with Crippen molar-refractivity contribution >= 4 is 11.6 Å². The first kappa shape index (κ1) is 10.8. The Kier molecular flexibility index (Phi) is 2.49. The van der Waals surface area contributed by atoms with Crippen molar-refractivity contribution in [3.8, 4) is 0 Å². The van der Waals surface area contributed by atoms with Crippen molar-refractivity contribution in [3.63, 3.8) is 0 Å². The molecule has 1 unspecified atom stereocenters. The number of fused-ring (bicyclic) bond motifs is 1. The van der Waals surface area contributed by atoms with E-state index in [-0.39, 0.29) is 12.1 Å². The second-order valence-electron chi connectivity index (χ2n) is 4.03. The molecule has 3 heterocycles. The van der Waals surface area contributed by atoms with Crippen LogP contribution in [0.15, 0.2) is 43.1 Å². The highest BCUT2D eigenvalue weighted by molar-refractivity contribution is 5.95. The molecule has 0 spiro atoms. The molecule has 3 rings (SSSR count). The van der Waals surface area contributed by atoms with Crippen LogP contribution in [0.3, 0.4) is 0 Å². The molecule has 1 atom stereocenters. The van der Waals surface area contributed by atoms with Crippen molar-refractivity contribution in [3.05, 3.63) is 48.6 Å². The summed E-state index contributed by atoms with van der Waals surface area (Å²) >= 11 is 0. The number of hydroxylamine groups is 1. The van der Waals surface area contributed by atoms with Gasteiger partial charge in [-0.05, 0) is 18.2 Å². The molecule has 1 aliphatic heterocycles. The Morgan fingerprint density at radius 1 is 1.56 bits per heavy atom. The fourth-order valence-electron chi connectivity index (χ4n) is 1.84. The van der Waals surface area contributed by atoms with E-state index in [1.54, 1.807) is 36.4 Å². The van der Waals surface area contributed by atoms with Crippen LogP contribution in [0, 0.1) is 0 Å². The van der Waals surface area contributed by atoms with Gasteiger partial charge in [-0.3, -0.25) is 4.79 Å². The van der Waals surface area contributed by atoms with Gasteiger partial charge in [0.25, 0.3) is 5.91 Å². The average Bonchev–Trinajstić information content (AvgIpc) is 3.06. The van der Waals surface area contributed by atoms with Crippen LogP contribution in [0.4, 0.5) is 0 Å². The topological polar surface area (TPSA) is 58.9 Å². The third kappa shape index (κ3) is 1.72. The van der Waals surface area contributed by atoms with Gasteiger partial charge in [0, 0.05) is 31.2 Å². The molecule has 92 valence electrons. The Bertz CT molecular complexity index is 619.